The van der Waals surface area contributed by atoms with Gasteiger partial charge in [0.05, 0.1) is 18.6 Å². The van der Waals surface area contributed by atoms with Gasteiger partial charge in [-0.2, -0.15) is 8.42 Å². The lowest BCUT2D eigenvalue weighted by atomic mass is 9.68. The number of hydrogen-bond donors (Lipinski definition) is 0. The van der Waals surface area contributed by atoms with Crippen LogP contribution in [0.3, 0.4) is 0 Å². The molecule has 3 aromatic rings. The maximum Gasteiger partial charge on any atom is 0.339 e. The van der Waals surface area contributed by atoms with Crippen molar-refractivity contribution in [2.45, 2.75) is 62.9 Å². The molecule has 1 aliphatic heterocycles. The van der Waals surface area contributed by atoms with Crippen LogP contribution in [0.2, 0.25) is 0 Å². The van der Waals surface area contributed by atoms with E-state index in [0.29, 0.717) is 18.6 Å². The molecule has 0 N–H and O–H groups in total. The highest BCUT2D eigenvalue weighted by Gasteiger charge is 2.37. The second kappa shape index (κ2) is 11.5. The Morgan fingerprint density at radius 1 is 1.02 bits per heavy atom. The molecule has 210 valence electrons. The van der Waals surface area contributed by atoms with E-state index in [0.717, 1.165) is 47.3 Å². The molecular weight excluding hydrogens is 528 g/mol. The van der Waals surface area contributed by atoms with Crippen LogP contribution in [-0.2, 0) is 26.1 Å². The number of hydrogen-bond acceptors (Lipinski definition) is 7. The fourth-order valence-corrected chi connectivity index (χ4v) is 6.69. The molecule has 1 unspecified atom stereocenters. The van der Waals surface area contributed by atoms with Crippen LogP contribution >= 0.6 is 0 Å². The molecule has 3 atom stereocenters. The summed E-state index contributed by atoms with van der Waals surface area (Å²) < 4.78 is 42.4. The van der Waals surface area contributed by atoms with Gasteiger partial charge in [-0.1, -0.05) is 49.2 Å². The van der Waals surface area contributed by atoms with Crippen molar-refractivity contribution in [3.05, 3.63) is 88.5 Å². The fraction of sp³-hybridized carbons (Fsp3) is 0.375. The number of carbonyl (C=O) groups excluding carboxylic acids is 2. The number of benzene rings is 3. The summed E-state index contributed by atoms with van der Waals surface area (Å²) in [7, 11) is -2.67. The smallest absolute Gasteiger partial charge is 0.339 e. The summed E-state index contributed by atoms with van der Waals surface area (Å²) in [6.45, 7) is 3.80. The van der Waals surface area contributed by atoms with Crippen molar-refractivity contribution >= 4 is 22.4 Å². The monoisotopic (exact) mass is 562 g/mol. The number of esters is 1. The van der Waals surface area contributed by atoms with Crippen LogP contribution in [0.1, 0.15) is 77.2 Å². The summed E-state index contributed by atoms with van der Waals surface area (Å²) in [6, 6.07) is 17.4. The minimum Gasteiger partial charge on any atom is -0.485 e. The molecule has 3 aromatic carbocycles. The molecule has 1 saturated carbocycles. The fourth-order valence-electron chi connectivity index (χ4n) is 5.74. The van der Waals surface area contributed by atoms with Gasteiger partial charge in [-0.25, -0.2) is 0 Å². The Kier molecular flexibility index (Phi) is 7.99. The molecule has 2 aliphatic rings. The van der Waals surface area contributed by atoms with Gasteiger partial charge in [0.25, 0.3) is 0 Å². The molecule has 0 radical (unpaired) electrons. The molecule has 5 rings (SSSR count). The van der Waals surface area contributed by atoms with Gasteiger partial charge in [-0.15, -0.1) is 0 Å². The summed E-state index contributed by atoms with van der Waals surface area (Å²) in [5.74, 6) is 0.769. The van der Waals surface area contributed by atoms with Crippen molar-refractivity contribution in [2.24, 2.45) is 11.8 Å². The molecule has 0 saturated heterocycles. The third-order valence-corrected chi connectivity index (χ3v) is 9.48. The van der Waals surface area contributed by atoms with E-state index in [1.54, 1.807) is 24.3 Å². The highest BCUT2D eigenvalue weighted by atomic mass is 32.2. The molecule has 0 aromatic heterocycles. The predicted molar refractivity (Wildman–Crippen MR) is 150 cm³/mol. The quantitative estimate of drug-likeness (QED) is 0.171. The summed E-state index contributed by atoms with van der Waals surface area (Å²) in [5, 5.41) is 0. The molecule has 7 nitrogen and oxygen atoms in total. The second-order valence-corrected chi connectivity index (χ2v) is 12.4. The summed E-state index contributed by atoms with van der Waals surface area (Å²) in [6.07, 6.45) is 5.13. The number of methoxy groups -OCH3 is 1. The predicted octanol–water partition coefficient (Wildman–Crippen LogP) is 6.33. The SMILES string of the molecule is COC(=O)[C@@H](C)[C@H](c1ccc2c(c1)OC(c1ccc(OS(=O)(=O)c3ccc(C)cc3)c(C=O)c1)CC2)C1CCC1. The van der Waals surface area contributed by atoms with Crippen molar-refractivity contribution < 1.29 is 31.7 Å². The average Bonchev–Trinajstić information content (AvgIpc) is 2.93. The summed E-state index contributed by atoms with van der Waals surface area (Å²) in [4.78, 5) is 24.4. The normalized spacial score (nSPS) is 18.4. The number of aryl methyl sites for hydroxylation is 2. The van der Waals surface area contributed by atoms with Crippen LogP contribution < -0.4 is 8.92 Å². The van der Waals surface area contributed by atoms with Gasteiger partial charge >= 0.3 is 16.1 Å². The van der Waals surface area contributed by atoms with E-state index in [9.17, 15) is 18.0 Å². The minimum absolute atomic E-state index is 0.0174. The third kappa shape index (κ3) is 5.63. The van der Waals surface area contributed by atoms with Crippen molar-refractivity contribution in [3.63, 3.8) is 0 Å². The Morgan fingerprint density at radius 2 is 1.77 bits per heavy atom. The zero-order valence-corrected chi connectivity index (χ0v) is 23.8. The van der Waals surface area contributed by atoms with Gasteiger partial charge in [-0.3, -0.25) is 9.59 Å². The summed E-state index contributed by atoms with van der Waals surface area (Å²) >= 11 is 0. The molecular formula is C32H34O7S. The van der Waals surface area contributed by atoms with Gasteiger partial charge < -0.3 is 13.7 Å². The largest absolute Gasteiger partial charge is 0.485 e. The van der Waals surface area contributed by atoms with Crippen LogP contribution in [0.4, 0.5) is 0 Å². The molecule has 0 spiro atoms. The van der Waals surface area contributed by atoms with Crippen LogP contribution in [0.5, 0.6) is 11.5 Å². The molecule has 1 fully saturated rings. The lowest BCUT2D eigenvalue weighted by Crippen LogP contribution is -2.30. The van der Waals surface area contributed by atoms with E-state index in [4.69, 9.17) is 13.7 Å². The van der Waals surface area contributed by atoms with Gasteiger partial charge in [0, 0.05) is 0 Å². The van der Waals surface area contributed by atoms with Crippen molar-refractivity contribution in [1.82, 2.24) is 0 Å². The second-order valence-electron chi connectivity index (χ2n) is 10.8. The topological polar surface area (TPSA) is 96.0 Å². The van der Waals surface area contributed by atoms with Gasteiger partial charge in [0.15, 0.2) is 12.0 Å². The highest BCUT2D eigenvalue weighted by Crippen LogP contribution is 2.46. The molecule has 0 amide bonds. The number of carbonyl (C=O) groups is 2. The Morgan fingerprint density at radius 3 is 2.42 bits per heavy atom. The van der Waals surface area contributed by atoms with E-state index >= 15 is 0 Å². The third-order valence-electron chi connectivity index (χ3n) is 8.23. The molecule has 1 heterocycles. The average molecular weight is 563 g/mol. The van der Waals surface area contributed by atoms with Crippen molar-refractivity contribution in [3.8, 4) is 11.5 Å². The zero-order chi connectivity index (χ0) is 28.4. The van der Waals surface area contributed by atoms with E-state index in [1.807, 2.05) is 13.8 Å². The number of fused-ring (bicyclic) bond motifs is 1. The van der Waals surface area contributed by atoms with E-state index in [2.05, 4.69) is 18.2 Å². The lowest BCUT2D eigenvalue weighted by molar-refractivity contribution is -0.146. The number of rotatable bonds is 9. The maximum atomic E-state index is 12.8. The van der Waals surface area contributed by atoms with E-state index in [1.165, 1.54) is 31.7 Å². The first-order chi connectivity index (χ1) is 19.2. The Labute approximate surface area is 235 Å². The standard InChI is InChI=1S/C32H34O7S/c1-20-7-13-27(14-8-20)40(35,36)39-29-16-12-24(17-26(29)19-33)28-15-11-22-9-10-25(18-30(22)38-28)31(23-5-4-6-23)21(2)32(34)37-3/h7-10,12-14,16-19,21,23,28,31H,4-6,11,15H2,1-3H3/t21-,28?,31-/m0/s1. The zero-order valence-electron chi connectivity index (χ0n) is 23.0. The first-order valence-electron chi connectivity index (χ1n) is 13.7. The van der Waals surface area contributed by atoms with Gasteiger partial charge in [-0.05, 0) is 91.5 Å². The van der Waals surface area contributed by atoms with Crippen LogP contribution in [-0.4, -0.2) is 27.8 Å². The Balaban J connectivity index is 1.38. The minimum atomic E-state index is -4.10. The molecule has 40 heavy (non-hydrogen) atoms. The van der Waals surface area contributed by atoms with E-state index < -0.39 is 10.1 Å². The number of ether oxygens (including phenoxy) is 2. The van der Waals surface area contributed by atoms with Gasteiger partial charge in [0.1, 0.15) is 16.7 Å². The number of aldehydes is 1. The van der Waals surface area contributed by atoms with Crippen molar-refractivity contribution in [2.75, 3.05) is 7.11 Å². The van der Waals surface area contributed by atoms with Gasteiger partial charge in [0.2, 0.25) is 0 Å². The molecule has 1 aliphatic carbocycles. The first kappa shape index (κ1) is 27.9. The van der Waals surface area contributed by atoms with Crippen LogP contribution in [0.25, 0.3) is 0 Å². The van der Waals surface area contributed by atoms with E-state index in [-0.39, 0.29) is 40.1 Å². The maximum absolute atomic E-state index is 12.8. The summed E-state index contributed by atoms with van der Waals surface area (Å²) in [5.41, 5.74) is 3.98. The highest BCUT2D eigenvalue weighted by molar-refractivity contribution is 7.87. The Hall–Kier alpha value is -3.65. The van der Waals surface area contributed by atoms with Crippen molar-refractivity contribution in [1.29, 1.82) is 0 Å². The first-order valence-corrected chi connectivity index (χ1v) is 15.1. The van der Waals surface area contributed by atoms with Crippen LogP contribution in [0.15, 0.2) is 65.6 Å². The lowest BCUT2D eigenvalue weighted by Gasteiger charge is -2.37. The molecule has 0 bridgehead atoms. The molecule has 8 heteroatoms. The van der Waals surface area contributed by atoms with Crippen LogP contribution in [0, 0.1) is 18.8 Å². The Bertz CT molecular complexity index is 1510.